The third kappa shape index (κ3) is 2.38. The number of rotatable bonds is 3. The van der Waals surface area contributed by atoms with Crippen molar-refractivity contribution in [2.75, 3.05) is 13.6 Å². The number of nitrogens with zero attached hydrogens (tertiary/aromatic N) is 3. The van der Waals surface area contributed by atoms with Crippen molar-refractivity contribution in [1.82, 2.24) is 14.9 Å². The molecule has 0 aliphatic heterocycles. The molecule has 1 aliphatic rings. The Balaban J connectivity index is 1.97. The lowest BCUT2D eigenvalue weighted by Gasteiger charge is -2.29. The molecule has 4 heteroatoms. The molecule has 0 saturated heterocycles. The van der Waals surface area contributed by atoms with Crippen molar-refractivity contribution in [3.8, 4) is 0 Å². The van der Waals surface area contributed by atoms with Gasteiger partial charge in [0.15, 0.2) is 0 Å². The molecular weight excluding hydrogens is 202 g/mol. The predicted octanol–water partition coefficient (Wildman–Crippen LogP) is 1.66. The van der Waals surface area contributed by atoms with Crippen molar-refractivity contribution in [2.24, 2.45) is 5.92 Å². The van der Waals surface area contributed by atoms with Crippen LogP contribution in [0.5, 0.6) is 0 Å². The van der Waals surface area contributed by atoms with E-state index in [4.69, 9.17) is 0 Å². The lowest BCUT2D eigenvalue weighted by molar-refractivity contribution is 0.0739. The van der Waals surface area contributed by atoms with Gasteiger partial charge < -0.3 is 4.90 Å². The molecule has 2 rings (SSSR count). The number of amides is 1. The smallest absolute Gasteiger partial charge is 0.273 e. The van der Waals surface area contributed by atoms with Gasteiger partial charge in [0.25, 0.3) is 5.91 Å². The minimum Gasteiger partial charge on any atom is -0.340 e. The Morgan fingerprint density at radius 3 is 2.69 bits per heavy atom. The van der Waals surface area contributed by atoms with Crippen LogP contribution in [-0.4, -0.2) is 34.4 Å². The minimum absolute atomic E-state index is 0.0283. The van der Waals surface area contributed by atoms with E-state index in [0.717, 1.165) is 12.2 Å². The van der Waals surface area contributed by atoms with Crippen molar-refractivity contribution in [2.45, 2.75) is 26.2 Å². The van der Waals surface area contributed by atoms with Crippen molar-refractivity contribution in [1.29, 1.82) is 0 Å². The van der Waals surface area contributed by atoms with E-state index >= 15 is 0 Å². The summed E-state index contributed by atoms with van der Waals surface area (Å²) in [5, 5.41) is 0. The SMILES string of the molecule is Cc1cnc(C(=O)N(C)CC2CCC2)cn1. The lowest BCUT2D eigenvalue weighted by atomic mass is 9.85. The second-order valence-corrected chi connectivity index (χ2v) is 4.53. The van der Waals surface area contributed by atoms with E-state index in [2.05, 4.69) is 9.97 Å². The molecule has 0 bridgehead atoms. The number of hydrogen-bond acceptors (Lipinski definition) is 3. The zero-order valence-electron chi connectivity index (χ0n) is 9.81. The second-order valence-electron chi connectivity index (χ2n) is 4.53. The minimum atomic E-state index is -0.0283. The molecule has 1 fully saturated rings. The highest BCUT2D eigenvalue weighted by Gasteiger charge is 2.22. The first-order valence-corrected chi connectivity index (χ1v) is 5.71. The molecule has 0 N–H and O–H groups in total. The predicted molar refractivity (Wildman–Crippen MR) is 61.1 cm³/mol. The van der Waals surface area contributed by atoms with Crippen LogP contribution in [0.2, 0.25) is 0 Å². The van der Waals surface area contributed by atoms with E-state index in [1.54, 1.807) is 17.3 Å². The molecule has 1 aliphatic carbocycles. The van der Waals surface area contributed by atoms with Crippen LogP contribution >= 0.6 is 0 Å². The van der Waals surface area contributed by atoms with E-state index in [1.165, 1.54) is 19.3 Å². The topological polar surface area (TPSA) is 46.1 Å². The maximum absolute atomic E-state index is 12.0. The van der Waals surface area contributed by atoms with Crippen LogP contribution in [0, 0.1) is 12.8 Å². The lowest BCUT2D eigenvalue weighted by Crippen LogP contribution is -2.34. The number of aromatic nitrogens is 2. The third-order valence-electron chi connectivity index (χ3n) is 3.10. The molecule has 0 aromatic carbocycles. The molecule has 1 amide bonds. The highest BCUT2D eigenvalue weighted by atomic mass is 16.2. The van der Waals surface area contributed by atoms with E-state index in [9.17, 15) is 4.79 Å². The van der Waals surface area contributed by atoms with Crippen molar-refractivity contribution < 1.29 is 4.79 Å². The Hall–Kier alpha value is -1.45. The van der Waals surface area contributed by atoms with E-state index in [1.807, 2.05) is 14.0 Å². The van der Waals surface area contributed by atoms with Crippen LogP contribution in [-0.2, 0) is 0 Å². The van der Waals surface area contributed by atoms with Crippen LogP contribution in [0.25, 0.3) is 0 Å². The number of aryl methyl sites for hydroxylation is 1. The normalized spacial score (nSPS) is 15.6. The molecule has 86 valence electrons. The van der Waals surface area contributed by atoms with Gasteiger partial charge in [0.2, 0.25) is 0 Å². The molecule has 16 heavy (non-hydrogen) atoms. The Bertz CT molecular complexity index is 370. The highest BCUT2D eigenvalue weighted by Crippen LogP contribution is 2.26. The van der Waals surface area contributed by atoms with Gasteiger partial charge >= 0.3 is 0 Å². The highest BCUT2D eigenvalue weighted by molar-refractivity contribution is 5.91. The van der Waals surface area contributed by atoms with Crippen LogP contribution < -0.4 is 0 Å². The summed E-state index contributed by atoms with van der Waals surface area (Å²) in [6.07, 6.45) is 6.98. The van der Waals surface area contributed by atoms with Crippen LogP contribution in [0.3, 0.4) is 0 Å². The molecule has 1 saturated carbocycles. The monoisotopic (exact) mass is 219 g/mol. The molecule has 0 spiro atoms. The summed E-state index contributed by atoms with van der Waals surface area (Å²) in [7, 11) is 1.84. The van der Waals surface area contributed by atoms with Gasteiger partial charge in [-0.05, 0) is 25.7 Å². The Labute approximate surface area is 95.7 Å². The summed E-state index contributed by atoms with van der Waals surface area (Å²) in [6, 6.07) is 0. The van der Waals surface area contributed by atoms with E-state index in [-0.39, 0.29) is 5.91 Å². The summed E-state index contributed by atoms with van der Waals surface area (Å²) in [4.78, 5) is 21.9. The zero-order valence-corrected chi connectivity index (χ0v) is 9.81. The summed E-state index contributed by atoms with van der Waals surface area (Å²) in [5.41, 5.74) is 1.27. The summed E-state index contributed by atoms with van der Waals surface area (Å²) in [5.74, 6) is 0.659. The van der Waals surface area contributed by atoms with Gasteiger partial charge in [-0.1, -0.05) is 6.42 Å². The molecule has 1 aromatic rings. The summed E-state index contributed by atoms with van der Waals surface area (Å²) in [6.45, 7) is 2.70. The molecule has 0 atom stereocenters. The fraction of sp³-hybridized carbons (Fsp3) is 0.583. The van der Waals surface area contributed by atoms with Gasteiger partial charge in [0, 0.05) is 19.8 Å². The van der Waals surface area contributed by atoms with Gasteiger partial charge in [-0.3, -0.25) is 9.78 Å². The molecule has 1 heterocycles. The summed E-state index contributed by atoms with van der Waals surface area (Å²) >= 11 is 0. The first-order chi connectivity index (χ1) is 7.66. The summed E-state index contributed by atoms with van der Waals surface area (Å²) < 4.78 is 0. The Kier molecular flexibility index (Phi) is 3.17. The second kappa shape index (κ2) is 4.60. The fourth-order valence-electron chi connectivity index (χ4n) is 1.84. The van der Waals surface area contributed by atoms with Crippen LogP contribution in [0.4, 0.5) is 0 Å². The van der Waals surface area contributed by atoms with Crippen molar-refractivity contribution in [3.63, 3.8) is 0 Å². The number of hydrogen-bond donors (Lipinski definition) is 0. The van der Waals surface area contributed by atoms with Crippen LogP contribution in [0.1, 0.15) is 35.4 Å². The average Bonchev–Trinajstić information content (AvgIpc) is 2.23. The standard InChI is InChI=1S/C12H17N3O/c1-9-6-14-11(7-13-9)12(16)15(2)8-10-4-3-5-10/h6-7,10H,3-5,8H2,1-2H3. The third-order valence-corrected chi connectivity index (χ3v) is 3.10. The Morgan fingerprint density at radius 2 is 2.19 bits per heavy atom. The van der Waals surface area contributed by atoms with Crippen molar-refractivity contribution in [3.05, 3.63) is 23.8 Å². The first-order valence-electron chi connectivity index (χ1n) is 5.71. The largest absolute Gasteiger partial charge is 0.340 e. The quantitative estimate of drug-likeness (QED) is 0.776. The maximum Gasteiger partial charge on any atom is 0.273 e. The van der Waals surface area contributed by atoms with Gasteiger partial charge in [-0.25, -0.2) is 4.98 Å². The maximum atomic E-state index is 12.0. The first kappa shape index (κ1) is 11.0. The van der Waals surface area contributed by atoms with Gasteiger partial charge in [0.05, 0.1) is 11.9 Å². The van der Waals surface area contributed by atoms with Crippen LogP contribution in [0.15, 0.2) is 12.4 Å². The number of carbonyl (C=O) groups is 1. The van der Waals surface area contributed by atoms with Crippen molar-refractivity contribution >= 4 is 5.91 Å². The Morgan fingerprint density at radius 1 is 1.44 bits per heavy atom. The van der Waals surface area contributed by atoms with Gasteiger partial charge in [-0.15, -0.1) is 0 Å². The van der Waals surface area contributed by atoms with E-state index in [0.29, 0.717) is 11.6 Å². The zero-order chi connectivity index (χ0) is 11.5. The molecule has 0 unspecified atom stereocenters. The van der Waals surface area contributed by atoms with E-state index < -0.39 is 0 Å². The molecule has 4 nitrogen and oxygen atoms in total. The number of carbonyl (C=O) groups excluding carboxylic acids is 1. The average molecular weight is 219 g/mol. The van der Waals surface area contributed by atoms with Gasteiger partial charge in [0.1, 0.15) is 5.69 Å². The van der Waals surface area contributed by atoms with Gasteiger partial charge in [-0.2, -0.15) is 0 Å². The molecule has 1 aromatic heterocycles. The fourth-order valence-corrected chi connectivity index (χ4v) is 1.84. The molecule has 0 radical (unpaired) electrons. The molecular formula is C12H17N3O.